The predicted octanol–water partition coefficient (Wildman–Crippen LogP) is -0.489. The Balaban J connectivity index is 2.28. The molecule has 100 valence electrons. The van der Waals surface area contributed by atoms with Gasteiger partial charge in [-0.15, -0.1) is 0 Å². The normalized spacial score (nSPS) is 20.2. The van der Waals surface area contributed by atoms with Crippen molar-refractivity contribution in [3.8, 4) is 0 Å². The first-order valence-corrected chi connectivity index (χ1v) is 6.55. The summed E-state index contributed by atoms with van der Waals surface area (Å²) in [5.41, 5.74) is 0. The molecule has 1 unspecified atom stereocenters. The molecule has 0 aliphatic carbocycles. The van der Waals surface area contributed by atoms with Gasteiger partial charge in [-0.05, 0) is 13.3 Å². The van der Waals surface area contributed by atoms with Crippen LogP contribution in [0.2, 0.25) is 0 Å². The number of piperazine rings is 1. The lowest BCUT2D eigenvalue weighted by molar-refractivity contribution is -0.122. The topological polar surface area (TPSA) is 55.8 Å². The van der Waals surface area contributed by atoms with Crippen LogP contribution in [0.3, 0.4) is 0 Å². The summed E-state index contributed by atoms with van der Waals surface area (Å²) >= 11 is 0. The zero-order valence-corrected chi connectivity index (χ0v) is 11.0. The van der Waals surface area contributed by atoms with Crippen LogP contribution in [0.5, 0.6) is 0 Å². The summed E-state index contributed by atoms with van der Waals surface area (Å²) in [7, 11) is 0. The second kappa shape index (κ2) is 7.63. The lowest BCUT2D eigenvalue weighted by atomic mass is 10.1. The Labute approximate surface area is 104 Å². The first-order chi connectivity index (χ1) is 8.21. The van der Waals surface area contributed by atoms with Gasteiger partial charge in [-0.25, -0.2) is 0 Å². The van der Waals surface area contributed by atoms with Gasteiger partial charge in [0.2, 0.25) is 5.91 Å². The number of hydrogen-bond donors (Lipinski definition) is 2. The number of nitrogens with zero attached hydrogens (tertiary/aromatic N) is 2. The van der Waals surface area contributed by atoms with E-state index in [2.05, 4.69) is 22.0 Å². The molecular formula is C12H25N3O2. The smallest absolute Gasteiger partial charge is 0.234 e. The number of nitrogens with one attached hydrogen (secondary N) is 1. The largest absolute Gasteiger partial charge is 0.395 e. The molecule has 0 saturated carbocycles. The highest BCUT2D eigenvalue weighted by atomic mass is 16.3. The maximum atomic E-state index is 11.4. The Bertz CT molecular complexity index is 224. The molecule has 1 amide bonds. The Hall–Kier alpha value is -0.650. The van der Waals surface area contributed by atoms with E-state index in [1.165, 1.54) is 0 Å². The number of hydrogen-bond acceptors (Lipinski definition) is 4. The van der Waals surface area contributed by atoms with Crippen LogP contribution in [0.1, 0.15) is 20.3 Å². The van der Waals surface area contributed by atoms with E-state index >= 15 is 0 Å². The zero-order chi connectivity index (χ0) is 12.7. The summed E-state index contributed by atoms with van der Waals surface area (Å²) in [4.78, 5) is 15.9. The van der Waals surface area contributed by atoms with E-state index in [1.807, 2.05) is 6.92 Å². The van der Waals surface area contributed by atoms with E-state index in [-0.39, 0.29) is 18.6 Å². The molecule has 5 nitrogen and oxygen atoms in total. The Kier molecular flexibility index (Phi) is 6.47. The van der Waals surface area contributed by atoms with Gasteiger partial charge in [0.25, 0.3) is 0 Å². The van der Waals surface area contributed by atoms with Gasteiger partial charge in [0.15, 0.2) is 0 Å². The lowest BCUT2D eigenvalue weighted by Crippen LogP contribution is -2.53. The van der Waals surface area contributed by atoms with Crippen molar-refractivity contribution in [3.05, 3.63) is 0 Å². The first-order valence-electron chi connectivity index (χ1n) is 6.55. The number of aliphatic hydroxyl groups excluding tert-OH is 1. The molecule has 1 aliphatic rings. The predicted molar refractivity (Wildman–Crippen MR) is 67.9 cm³/mol. The zero-order valence-electron chi connectivity index (χ0n) is 11.0. The van der Waals surface area contributed by atoms with Gasteiger partial charge in [0, 0.05) is 38.8 Å². The van der Waals surface area contributed by atoms with E-state index in [1.54, 1.807) is 0 Å². The Morgan fingerprint density at radius 1 is 1.29 bits per heavy atom. The molecule has 1 rings (SSSR count). The van der Waals surface area contributed by atoms with Gasteiger partial charge in [-0.3, -0.25) is 14.6 Å². The number of aliphatic hydroxyl groups is 1. The van der Waals surface area contributed by atoms with Crippen LogP contribution in [0.4, 0.5) is 0 Å². The van der Waals surface area contributed by atoms with Crippen molar-refractivity contribution in [1.29, 1.82) is 0 Å². The third-order valence-corrected chi connectivity index (χ3v) is 3.35. The fourth-order valence-corrected chi connectivity index (χ4v) is 2.25. The van der Waals surface area contributed by atoms with Crippen LogP contribution < -0.4 is 5.32 Å². The van der Waals surface area contributed by atoms with Crippen LogP contribution in [0.25, 0.3) is 0 Å². The number of likely N-dealkylation sites (N-methyl/N-ethyl adjacent to an activating group) is 1. The van der Waals surface area contributed by atoms with Crippen molar-refractivity contribution in [1.82, 2.24) is 15.1 Å². The second-order valence-corrected chi connectivity index (χ2v) is 4.51. The van der Waals surface area contributed by atoms with E-state index in [9.17, 15) is 9.90 Å². The van der Waals surface area contributed by atoms with Crippen molar-refractivity contribution in [3.63, 3.8) is 0 Å². The molecule has 0 bridgehead atoms. The summed E-state index contributed by atoms with van der Waals surface area (Å²) in [6, 6.07) is 0.279. The highest BCUT2D eigenvalue weighted by molar-refractivity contribution is 5.77. The van der Waals surface area contributed by atoms with E-state index < -0.39 is 0 Å². The van der Waals surface area contributed by atoms with E-state index in [4.69, 9.17) is 0 Å². The summed E-state index contributed by atoms with van der Waals surface area (Å²) in [5.74, 6) is 0.107. The van der Waals surface area contributed by atoms with Crippen LogP contribution in [-0.4, -0.2) is 72.7 Å². The highest BCUT2D eigenvalue weighted by Gasteiger charge is 2.22. The van der Waals surface area contributed by atoms with Gasteiger partial charge in [-0.2, -0.15) is 0 Å². The molecule has 1 atom stereocenters. The third-order valence-electron chi connectivity index (χ3n) is 3.35. The monoisotopic (exact) mass is 243 g/mol. The molecule has 0 spiro atoms. The Morgan fingerprint density at radius 3 is 2.41 bits per heavy atom. The number of amides is 1. The molecule has 1 saturated heterocycles. The van der Waals surface area contributed by atoms with Crippen molar-refractivity contribution in [2.45, 2.75) is 26.3 Å². The quantitative estimate of drug-likeness (QED) is 0.661. The molecule has 17 heavy (non-hydrogen) atoms. The van der Waals surface area contributed by atoms with Gasteiger partial charge in [0.05, 0.1) is 13.2 Å². The fourth-order valence-electron chi connectivity index (χ4n) is 2.25. The molecule has 1 aliphatic heterocycles. The third kappa shape index (κ3) is 4.61. The fraction of sp³-hybridized carbons (Fsp3) is 0.917. The van der Waals surface area contributed by atoms with Gasteiger partial charge in [-0.1, -0.05) is 6.92 Å². The van der Waals surface area contributed by atoms with Crippen molar-refractivity contribution >= 4 is 5.91 Å². The number of carbonyl (C=O) groups is 1. The summed E-state index contributed by atoms with van der Waals surface area (Å²) < 4.78 is 0. The standard InChI is InChI=1S/C12H25N3O2/c1-3-11(10-16)15-7-5-14(6-8-15)9-12(17)13-4-2/h11,16H,3-10H2,1-2H3,(H,13,17). The molecule has 0 aromatic rings. The average molecular weight is 243 g/mol. The maximum Gasteiger partial charge on any atom is 0.234 e. The van der Waals surface area contributed by atoms with Crippen LogP contribution in [-0.2, 0) is 4.79 Å². The molecule has 0 aromatic carbocycles. The first kappa shape index (κ1) is 14.4. The van der Waals surface area contributed by atoms with Crippen molar-refractivity contribution in [2.75, 3.05) is 45.9 Å². The van der Waals surface area contributed by atoms with Crippen LogP contribution in [0.15, 0.2) is 0 Å². The molecule has 1 heterocycles. The second-order valence-electron chi connectivity index (χ2n) is 4.51. The maximum absolute atomic E-state index is 11.4. The number of carbonyl (C=O) groups excluding carboxylic acids is 1. The Morgan fingerprint density at radius 2 is 1.94 bits per heavy atom. The van der Waals surface area contributed by atoms with Gasteiger partial charge in [0.1, 0.15) is 0 Å². The minimum Gasteiger partial charge on any atom is -0.395 e. The van der Waals surface area contributed by atoms with Crippen LogP contribution >= 0.6 is 0 Å². The van der Waals surface area contributed by atoms with Crippen LogP contribution in [0, 0.1) is 0 Å². The molecule has 0 aromatic heterocycles. The molecule has 0 radical (unpaired) electrons. The summed E-state index contributed by atoms with van der Waals surface area (Å²) in [6.07, 6.45) is 0.979. The molecular weight excluding hydrogens is 218 g/mol. The lowest BCUT2D eigenvalue weighted by Gasteiger charge is -2.38. The molecule has 1 fully saturated rings. The SMILES string of the molecule is CCNC(=O)CN1CCN(C(CC)CO)CC1. The molecule has 2 N–H and O–H groups in total. The number of rotatable bonds is 6. The van der Waals surface area contributed by atoms with Gasteiger partial charge >= 0.3 is 0 Å². The minimum atomic E-state index is 0.107. The summed E-state index contributed by atoms with van der Waals surface area (Å²) in [5, 5.41) is 12.1. The van der Waals surface area contributed by atoms with Gasteiger partial charge < -0.3 is 10.4 Å². The van der Waals surface area contributed by atoms with Crippen molar-refractivity contribution in [2.24, 2.45) is 0 Å². The molecule has 5 heteroatoms. The highest BCUT2D eigenvalue weighted by Crippen LogP contribution is 2.08. The summed E-state index contributed by atoms with van der Waals surface area (Å²) in [6.45, 7) is 9.16. The van der Waals surface area contributed by atoms with Crippen molar-refractivity contribution < 1.29 is 9.90 Å². The van der Waals surface area contributed by atoms with E-state index in [0.717, 1.165) is 32.6 Å². The minimum absolute atomic E-state index is 0.107. The van der Waals surface area contributed by atoms with E-state index in [0.29, 0.717) is 13.1 Å². The average Bonchev–Trinajstić information content (AvgIpc) is 2.33.